The zero-order chi connectivity index (χ0) is 7.11. The Morgan fingerprint density at radius 1 is 1.56 bits per heavy atom. The molecule has 0 atom stereocenters. The van der Waals surface area contributed by atoms with E-state index < -0.39 is 0 Å². The van der Waals surface area contributed by atoms with Crippen molar-refractivity contribution in [2.75, 3.05) is 0 Å². The van der Waals surface area contributed by atoms with E-state index in [4.69, 9.17) is 0 Å². The summed E-state index contributed by atoms with van der Waals surface area (Å²) < 4.78 is 3.86. The molecule has 1 nitrogen and oxygen atoms in total. The van der Waals surface area contributed by atoms with Gasteiger partial charge in [-0.2, -0.15) is 0 Å². The van der Waals surface area contributed by atoms with Crippen molar-refractivity contribution < 1.29 is 0 Å². The van der Waals surface area contributed by atoms with Gasteiger partial charge in [-0.15, -0.1) is 0 Å². The van der Waals surface area contributed by atoms with Crippen LogP contribution >= 0.6 is 11.5 Å². The molecular formula is C7H13NS. The van der Waals surface area contributed by atoms with Crippen LogP contribution in [-0.2, 0) is 0 Å². The molecule has 1 aromatic rings. The first-order chi connectivity index (χ1) is 4.31. The molecular weight excluding hydrogens is 130 g/mol. The predicted octanol–water partition coefficient (Wildman–Crippen LogP) is 2.87. The van der Waals surface area contributed by atoms with Gasteiger partial charge in [-0.1, -0.05) is 20.3 Å². The van der Waals surface area contributed by atoms with Crippen molar-refractivity contribution in [1.82, 2.24) is 4.37 Å². The molecule has 0 aliphatic rings. The highest BCUT2D eigenvalue weighted by molar-refractivity contribution is 7.03. The Hall–Kier alpha value is -0.370. The van der Waals surface area contributed by atoms with E-state index in [1.165, 1.54) is 23.5 Å². The summed E-state index contributed by atoms with van der Waals surface area (Å²) in [6.07, 6.45) is 3.10. The van der Waals surface area contributed by atoms with Crippen LogP contribution in [0.15, 0.2) is 11.6 Å². The maximum Gasteiger partial charge on any atom is 0.0436 e. The molecule has 0 aromatic carbocycles. The standard InChI is InChI=1S/C4H5NS.C3H8/c1-4-2-5-6-3-4;1-3-2/h2-3H,1H3;3H2,1-2H3. The van der Waals surface area contributed by atoms with Gasteiger partial charge in [0.05, 0.1) is 0 Å². The second-order valence-electron chi connectivity index (χ2n) is 1.91. The largest absolute Gasteiger partial charge is 0.201 e. The Balaban J connectivity index is 0.000000187. The summed E-state index contributed by atoms with van der Waals surface area (Å²) in [6.45, 7) is 6.28. The maximum atomic E-state index is 3.86. The molecule has 1 heterocycles. The molecule has 52 valence electrons. The number of nitrogens with zero attached hydrogens (tertiary/aromatic N) is 1. The summed E-state index contributed by atoms with van der Waals surface area (Å²) in [5, 5.41) is 2.01. The molecule has 0 saturated heterocycles. The summed E-state index contributed by atoms with van der Waals surface area (Å²) in [7, 11) is 0. The monoisotopic (exact) mass is 143 g/mol. The van der Waals surface area contributed by atoms with Crippen LogP contribution in [0.3, 0.4) is 0 Å². The number of aryl methyl sites for hydroxylation is 1. The lowest BCUT2D eigenvalue weighted by molar-refractivity contribution is 1.09. The average Bonchev–Trinajstić information content (AvgIpc) is 2.20. The fourth-order valence-corrected chi connectivity index (χ4v) is 0.773. The van der Waals surface area contributed by atoms with Crippen molar-refractivity contribution in [2.24, 2.45) is 0 Å². The molecule has 1 rings (SSSR count). The van der Waals surface area contributed by atoms with Gasteiger partial charge in [0.2, 0.25) is 0 Å². The molecule has 2 heteroatoms. The first kappa shape index (κ1) is 8.63. The van der Waals surface area contributed by atoms with E-state index in [2.05, 4.69) is 18.2 Å². The van der Waals surface area contributed by atoms with Crippen molar-refractivity contribution in [1.29, 1.82) is 0 Å². The van der Waals surface area contributed by atoms with Crippen LogP contribution in [0.5, 0.6) is 0 Å². The quantitative estimate of drug-likeness (QED) is 0.544. The van der Waals surface area contributed by atoms with Crippen molar-refractivity contribution in [3.05, 3.63) is 17.1 Å². The minimum absolute atomic E-state index is 1.25. The van der Waals surface area contributed by atoms with Gasteiger partial charge in [0, 0.05) is 11.6 Å². The third-order valence-corrected chi connectivity index (χ3v) is 1.26. The Morgan fingerprint density at radius 3 is 2.22 bits per heavy atom. The second kappa shape index (κ2) is 5.76. The second-order valence-corrected chi connectivity index (χ2v) is 2.57. The molecule has 0 spiro atoms. The third kappa shape index (κ3) is 5.50. The van der Waals surface area contributed by atoms with Gasteiger partial charge >= 0.3 is 0 Å². The number of hydrogen-bond acceptors (Lipinski definition) is 2. The normalized spacial score (nSPS) is 7.89. The van der Waals surface area contributed by atoms with E-state index in [1.807, 2.05) is 18.5 Å². The first-order valence-corrected chi connectivity index (χ1v) is 4.00. The lowest BCUT2D eigenvalue weighted by Crippen LogP contribution is -1.50. The van der Waals surface area contributed by atoms with E-state index >= 15 is 0 Å². The Kier molecular flexibility index (Phi) is 5.52. The molecule has 0 amide bonds. The molecule has 9 heavy (non-hydrogen) atoms. The zero-order valence-electron chi connectivity index (χ0n) is 6.22. The predicted molar refractivity (Wildman–Crippen MR) is 42.8 cm³/mol. The van der Waals surface area contributed by atoms with Gasteiger partial charge in [0.1, 0.15) is 0 Å². The third-order valence-electron chi connectivity index (χ3n) is 0.556. The summed E-state index contributed by atoms with van der Waals surface area (Å²) in [5.74, 6) is 0. The SMILES string of the molecule is CCC.Cc1cnsc1. The summed E-state index contributed by atoms with van der Waals surface area (Å²) >= 11 is 1.49. The van der Waals surface area contributed by atoms with E-state index in [1.54, 1.807) is 0 Å². The minimum atomic E-state index is 1.25. The fourth-order valence-electron chi connectivity index (χ4n) is 0.258. The summed E-state index contributed by atoms with van der Waals surface area (Å²) in [4.78, 5) is 0. The molecule has 0 N–H and O–H groups in total. The minimum Gasteiger partial charge on any atom is -0.201 e. The van der Waals surface area contributed by atoms with Crippen molar-refractivity contribution in [3.63, 3.8) is 0 Å². The molecule has 0 aliphatic heterocycles. The van der Waals surface area contributed by atoms with Crippen LogP contribution in [-0.4, -0.2) is 4.37 Å². The van der Waals surface area contributed by atoms with Gasteiger partial charge in [0.25, 0.3) is 0 Å². The first-order valence-electron chi connectivity index (χ1n) is 3.17. The molecule has 1 aromatic heterocycles. The van der Waals surface area contributed by atoms with Crippen LogP contribution in [0, 0.1) is 6.92 Å². The van der Waals surface area contributed by atoms with Crippen molar-refractivity contribution in [3.8, 4) is 0 Å². The van der Waals surface area contributed by atoms with Crippen LogP contribution in [0.4, 0.5) is 0 Å². The molecule has 0 fully saturated rings. The van der Waals surface area contributed by atoms with Crippen LogP contribution in [0.25, 0.3) is 0 Å². The number of hydrogen-bond donors (Lipinski definition) is 0. The van der Waals surface area contributed by atoms with E-state index in [0.717, 1.165) is 0 Å². The smallest absolute Gasteiger partial charge is 0.0436 e. The molecule has 0 aliphatic carbocycles. The molecule has 0 saturated carbocycles. The summed E-state index contributed by atoms with van der Waals surface area (Å²) in [5.41, 5.74) is 1.25. The Labute approximate surface area is 60.9 Å². The van der Waals surface area contributed by atoms with Gasteiger partial charge in [-0.25, -0.2) is 4.37 Å². The summed E-state index contributed by atoms with van der Waals surface area (Å²) in [6, 6.07) is 0. The van der Waals surface area contributed by atoms with E-state index in [0.29, 0.717) is 0 Å². The Bertz CT molecular complexity index is 123. The average molecular weight is 143 g/mol. The highest BCUT2D eigenvalue weighted by atomic mass is 32.1. The van der Waals surface area contributed by atoms with Gasteiger partial charge in [-0.3, -0.25) is 0 Å². The van der Waals surface area contributed by atoms with Crippen LogP contribution in [0.1, 0.15) is 25.8 Å². The van der Waals surface area contributed by atoms with Crippen LogP contribution < -0.4 is 0 Å². The van der Waals surface area contributed by atoms with Crippen molar-refractivity contribution >= 4 is 11.5 Å². The maximum absolute atomic E-state index is 3.86. The fraction of sp³-hybridized carbons (Fsp3) is 0.571. The highest BCUT2D eigenvalue weighted by Gasteiger charge is 1.76. The number of aromatic nitrogens is 1. The topological polar surface area (TPSA) is 12.9 Å². The van der Waals surface area contributed by atoms with Crippen LogP contribution in [0.2, 0.25) is 0 Å². The van der Waals surface area contributed by atoms with Gasteiger partial charge in [0.15, 0.2) is 0 Å². The molecule has 0 unspecified atom stereocenters. The Morgan fingerprint density at radius 2 is 2.11 bits per heavy atom. The lowest BCUT2D eigenvalue weighted by atomic mass is 10.5. The van der Waals surface area contributed by atoms with Gasteiger partial charge < -0.3 is 0 Å². The number of rotatable bonds is 0. The van der Waals surface area contributed by atoms with E-state index in [-0.39, 0.29) is 0 Å². The highest BCUT2D eigenvalue weighted by Crippen LogP contribution is 1.95. The van der Waals surface area contributed by atoms with Gasteiger partial charge in [-0.05, 0) is 24.0 Å². The molecule has 0 radical (unpaired) electrons. The van der Waals surface area contributed by atoms with E-state index in [9.17, 15) is 0 Å². The van der Waals surface area contributed by atoms with Crippen molar-refractivity contribution in [2.45, 2.75) is 27.2 Å². The molecule has 0 bridgehead atoms. The lowest BCUT2D eigenvalue weighted by Gasteiger charge is -1.63. The zero-order valence-corrected chi connectivity index (χ0v) is 7.03.